The normalized spacial score (nSPS) is 22.2. The third kappa shape index (κ3) is 2.50. The van der Waals surface area contributed by atoms with E-state index in [2.05, 4.69) is 24.8 Å². The smallest absolute Gasteiger partial charge is 0.145 e. The van der Waals surface area contributed by atoms with Crippen molar-refractivity contribution in [1.82, 2.24) is 0 Å². The van der Waals surface area contributed by atoms with Crippen molar-refractivity contribution >= 4 is 5.69 Å². The van der Waals surface area contributed by atoms with Crippen molar-refractivity contribution in [2.45, 2.75) is 38.3 Å². The van der Waals surface area contributed by atoms with E-state index in [1.165, 1.54) is 0 Å². The summed E-state index contributed by atoms with van der Waals surface area (Å²) in [7, 11) is 3.35. The van der Waals surface area contributed by atoms with E-state index in [0.29, 0.717) is 0 Å². The minimum Gasteiger partial charge on any atom is -0.497 e. The van der Waals surface area contributed by atoms with Crippen molar-refractivity contribution in [3.8, 4) is 11.5 Å². The standard InChI is InChI=1S/C15H24N2O2/c1-15(2)14(16)6-5-9-17(15)12-8-7-11(18-3)10-13(12)19-4/h7-8,10,14H,5-6,9,16H2,1-4H3. The number of hydrogen-bond acceptors (Lipinski definition) is 4. The maximum absolute atomic E-state index is 6.28. The van der Waals surface area contributed by atoms with Gasteiger partial charge in [-0.25, -0.2) is 0 Å². The zero-order chi connectivity index (χ0) is 14.0. The van der Waals surface area contributed by atoms with E-state index in [0.717, 1.165) is 36.6 Å². The van der Waals surface area contributed by atoms with E-state index in [-0.39, 0.29) is 11.6 Å². The van der Waals surface area contributed by atoms with Crippen molar-refractivity contribution in [3.05, 3.63) is 18.2 Å². The van der Waals surface area contributed by atoms with E-state index in [1.807, 2.05) is 12.1 Å². The molecule has 0 aliphatic carbocycles. The Morgan fingerprint density at radius 2 is 2.00 bits per heavy atom. The predicted molar refractivity (Wildman–Crippen MR) is 78.2 cm³/mol. The van der Waals surface area contributed by atoms with Crippen LogP contribution in [0.2, 0.25) is 0 Å². The van der Waals surface area contributed by atoms with Gasteiger partial charge in [0.2, 0.25) is 0 Å². The summed E-state index contributed by atoms with van der Waals surface area (Å²) < 4.78 is 10.8. The molecule has 2 N–H and O–H groups in total. The Hall–Kier alpha value is -1.42. The number of methoxy groups -OCH3 is 2. The highest BCUT2D eigenvalue weighted by Crippen LogP contribution is 2.39. The Bertz CT molecular complexity index is 446. The summed E-state index contributed by atoms with van der Waals surface area (Å²) in [5.74, 6) is 1.64. The Balaban J connectivity index is 2.40. The molecule has 1 fully saturated rings. The highest BCUT2D eigenvalue weighted by atomic mass is 16.5. The number of piperidine rings is 1. The summed E-state index contributed by atoms with van der Waals surface area (Å²) in [5, 5.41) is 0. The highest BCUT2D eigenvalue weighted by Gasteiger charge is 2.37. The molecule has 0 aromatic heterocycles. The van der Waals surface area contributed by atoms with Gasteiger partial charge in [-0.3, -0.25) is 0 Å². The van der Waals surface area contributed by atoms with Gasteiger partial charge in [-0.05, 0) is 38.8 Å². The molecule has 1 saturated heterocycles. The molecule has 1 aromatic carbocycles. The molecule has 2 rings (SSSR count). The number of ether oxygens (including phenoxy) is 2. The number of hydrogen-bond donors (Lipinski definition) is 1. The minimum absolute atomic E-state index is 0.0693. The second kappa shape index (κ2) is 5.29. The van der Waals surface area contributed by atoms with Crippen LogP contribution in [0, 0.1) is 0 Å². The molecule has 1 heterocycles. The number of rotatable bonds is 3. The topological polar surface area (TPSA) is 47.7 Å². The van der Waals surface area contributed by atoms with E-state index >= 15 is 0 Å². The van der Waals surface area contributed by atoms with Crippen LogP contribution in [0.3, 0.4) is 0 Å². The van der Waals surface area contributed by atoms with Gasteiger partial charge < -0.3 is 20.1 Å². The largest absolute Gasteiger partial charge is 0.497 e. The lowest BCUT2D eigenvalue weighted by Crippen LogP contribution is -2.59. The first-order valence-electron chi connectivity index (χ1n) is 6.76. The van der Waals surface area contributed by atoms with E-state index in [4.69, 9.17) is 15.2 Å². The third-order valence-electron chi connectivity index (χ3n) is 4.18. The molecule has 1 atom stereocenters. The maximum Gasteiger partial charge on any atom is 0.145 e. The maximum atomic E-state index is 6.28. The molecule has 0 amide bonds. The number of benzene rings is 1. The average Bonchev–Trinajstić information content (AvgIpc) is 2.41. The Kier molecular flexibility index (Phi) is 3.90. The lowest BCUT2D eigenvalue weighted by atomic mass is 9.85. The number of nitrogens with two attached hydrogens (primary N) is 1. The van der Waals surface area contributed by atoms with Gasteiger partial charge in [0.05, 0.1) is 19.9 Å². The first-order chi connectivity index (χ1) is 9.00. The second-order valence-electron chi connectivity index (χ2n) is 5.59. The highest BCUT2D eigenvalue weighted by molar-refractivity contribution is 5.63. The van der Waals surface area contributed by atoms with E-state index < -0.39 is 0 Å². The quantitative estimate of drug-likeness (QED) is 0.910. The monoisotopic (exact) mass is 264 g/mol. The van der Waals surface area contributed by atoms with Crippen LogP contribution in [0.25, 0.3) is 0 Å². The zero-order valence-corrected chi connectivity index (χ0v) is 12.3. The van der Waals surface area contributed by atoms with Gasteiger partial charge in [0.15, 0.2) is 0 Å². The molecular weight excluding hydrogens is 240 g/mol. The Labute approximate surface area is 115 Å². The van der Waals surface area contributed by atoms with Crippen LogP contribution in [0.15, 0.2) is 18.2 Å². The van der Waals surface area contributed by atoms with Crippen LogP contribution in [0.5, 0.6) is 11.5 Å². The third-order valence-corrected chi connectivity index (χ3v) is 4.18. The molecule has 0 saturated carbocycles. The van der Waals surface area contributed by atoms with Gasteiger partial charge in [0.25, 0.3) is 0 Å². The molecule has 19 heavy (non-hydrogen) atoms. The van der Waals surface area contributed by atoms with E-state index in [9.17, 15) is 0 Å². The SMILES string of the molecule is COc1ccc(N2CCCC(N)C2(C)C)c(OC)c1. The van der Waals surface area contributed by atoms with Crippen LogP contribution < -0.4 is 20.1 Å². The Morgan fingerprint density at radius 3 is 2.63 bits per heavy atom. The van der Waals surface area contributed by atoms with Crippen LogP contribution in [-0.4, -0.2) is 32.3 Å². The first kappa shape index (κ1) is 14.0. The van der Waals surface area contributed by atoms with Crippen molar-refractivity contribution in [2.24, 2.45) is 5.73 Å². The second-order valence-corrected chi connectivity index (χ2v) is 5.59. The molecule has 1 aromatic rings. The lowest BCUT2D eigenvalue weighted by Gasteiger charge is -2.48. The van der Waals surface area contributed by atoms with Crippen LogP contribution in [0.1, 0.15) is 26.7 Å². The summed E-state index contributed by atoms with van der Waals surface area (Å²) in [6.45, 7) is 5.39. The van der Waals surface area contributed by atoms with Crippen molar-refractivity contribution in [2.75, 3.05) is 25.7 Å². The molecule has 4 nitrogen and oxygen atoms in total. The van der Waals surface area contributed by atoms with E-state index in [1.54, 1.807) is 14.2 Å². The Morgan fingerprint density at radius 1 is 1.26 bits per heavy atom. The fraction of sp³-hybridized carbons (Fsp3) is 0.600. The van der Waals surface area contributed by atoms with Crippen LogP contribution in [0.4, 0.5) is 5.69 Å². The fourth-order valence-corrected chi connectivity index (χ4v) is 2.75. The van der Waals surface area contributed by atoms with Gasteiger partial charge >= 0.3 is 0 Å². The van der Waals surface area contributed by atoms with Gasteiger partial charge in [-0.2, -0.15) is 0 Å². The molecule has 0 radical (unpaired) electrons. The number of anilines is 1. The lowest BCUT2D eigenvalue weighted by molar-refractivity contribution is 0.305. The molecule has 1 unspecified atom stereocenters. The molecule has 0 bridgehead atoms. The van der Waals surface area contributed by atoms with Crippen LogP contribution >= 0.6 is 0 Å². The van der Waals surface area contributed by atoms with Gasteiger partial charge in [0.1, 0.15) is 11.5 Å². The predicted octanol–water partition coefficient (Wildman–Crippen LogP) is 2.41. The zero-order valence-electron chi connectivity index (χ0n) is 12.3. The summed E-state index contributed by atoms with van der Waals surface area (Å²) in [6, 6.07) is 6.12. The van der Waals surface area contributed by atoms with Crippen molar-refractivity contribution in [3.63, 3.8) is 0 Å². The molecule has 106 valence electrons. The summed E-state index contributed by atoms with van der Waals surface area (Å²) >= 11 is 0. The van der Waals surface area contributed by atoms with Gasteiger partial charge in [-0.1, -0.05) is 0 Å². The van der Waals surface area contributed by atoms with Gasteiger partial charge in [-0.15, -0.1) is 0 Å². The molecule has 4 heteroatoms. The summed E-state index contributed by atoms with van der Waals surface area (Å²) in [4.78, 5) is 2.35. The molecule has 1 aliphatic rings. The summed E-state index contributed by atoms with van der Waals surface area (Å²) in [6.07, 6.45) is 2.18. The van der Waals surface area contributed by atoms with Crippen molar-refractivity contribution < 1.29 is 9.47 Å². The molecule has 1 aliphatic heterocycles. The molecule has 0 spiro atoms. The van der Waals surface area contributed by atoms with Gasteiger partial charge in [0, 0.05) is 24.2 Å². The minimum atomic E-state index is -0.0693. The number of nitrogens with zero attached hydrogens (tertiary/aromatic N) is 1. The molecular formula is C15H24N2O2. The first-order valence-corrected chi connectivity index (χ1v) is 6.76. The fourth-order valence-electron chi connectivity index (χ4n) is 2.75. The summed E-state index contributed by atoms with van der Waals surface area (Å²) in [5.41, 5.74) is 7.30. The van der Waals surface area contributed by atoms with Crippen LogP contribution in [-0.2, 0) is 0 Å². The average molecular weight is 264 g/mol. The van der Waals surface area contributed by atoms with Crippen molar-refractivity contribution in [1.29, 1.82) is 0 Å².